The molecule has 0 heterocycles. The highest BCUT2D eigenvalue weighted by Crippen LogP contribution is 2.18. The Morgan fingerprint density at radius 3 is 2.78 bits per heavy atom. The summed E-state index contributed by atoms with van der Waals surface area (Å²) in [5.41, 5.74) is 0.591. The number of aliphatic carboxylic acids is 1. The van der Waals surface area contributed by atoms with Gasteiger partial charge in [-0.25, -0.2) is 0 Å². The molecule has 0 bridgehead atoms. The number of nitrogens with one attached hydrogen (secondary N) is 1. The second-order valence-corrected chi connectivity index (χ2v) is 5.99. The monoisotopic (exact) mass is 425 g/mol. The van der Waals surface area contributed by atoms with E-state index >= 15 is 0 Å². The van der Waals surface area contributed by atoms with Crippen LogP contribution in [0.3, 0.4) is 0 Å². The third-order valence-electron chi connectivity index (χ3n) is 2.46. The van der Waals surface area contributed by atoms with E-state index in [9.17, 15) is 9.59 Å². The standard InChI is InChI=1S/C12H13BrINO3/c1-7(12(17)18)4-5-15-11(16)9-6-8(13)2-3-10(9)14/h2-3,6-7H,4-5H2,1H3,(H,15,16)(H,17,18). The SMILES string of the molecule is CC(CCNC(=O)c1cc(Br)ccc1I)C(=O)O. The summed E-state index contributed by atoms with van der Waals surface area (Å²) in [5.74, 6) is -1.48. The van der Waals surface area contributed by atoms with Gasteiger partial charge in [-0.2, -0.15) is 0 Å². The van der Waals surface area contributed by atoms with Gasteiger partial charge >= 0.3 is 5.97 Å². The molecule has 2 N–H and O–H groups in total. The van der Waals surface area contributed by atoms with Crippen molar-refractivity contribution in [1.82, 2.24) is 5.32 Å². The predicted molar refractivity (Wildman–Crippen MR) is 80.6 cm³/mol. The highest BCUT2D eigenvalue weighted by molar-refractivity contribution is 14.1. The lowest BCUT2D eigenvalue weighted by molar-refractivity contribution is -0.141. The molecule has 0 saturated heterocycles. The van der Waals surface area contributed by atoms with Crippen LogP contribution in [0.4, 0.5) is 0 Å². The molecule has 1 unspecified atom stereocenters. The molecule has 18 heavy (non-hydrogen) atoms. The average molecular weight is 426 g/mol. The zero-order valence-electron chi connectivity index (χ0n) is 9.74. The van der Waals surface area contributed by atoms with Gasteiger partial charge < -0.3 is 10.4 Å². The van der Waals surface area contributed by atoms with Crippen LogP contribution in [0, 0.1) is 9.49 Å². The number of hydrogen-bond acceptors (Lipinski definition) is 2. The average Bonchev–Trinajstić information content (AvgIpc) is 2.31. The van der Waals surface area contributed by atoms with E-state index in [0.717, 1.165) is 8.04 Å². The summed E-state index contributed by atoms with van der Waals surface area (Å²) in [6.45, 7) is 1.98. The highest BCUT2D eigenvalue weighted by Gasteiger charge is 2.13. The maximum Gasteiger partial charge on any atom is 0.306 e. The smallest absolute Gasteiger partial charge is 0.306 e. The molecule has 0 aliphatic carbocycles. The van der Waals surface area contributed by atoms with Crippen molar-refractivity contribution in [3.05, 3.63) is 31.8 Å². The normalized spacial score (nSPS) is 11.9. The zero-order valence-corrected chi connectivity index (χ0v) is 13.5. The van der Waals surface area contributed by atoms with E-state index < -0.39 is 11.9 Å². The Labute approximate surface area is 127 Å². The van der Waals surface area contributed by atoms with Crippen LogP contribution in [0.2, 0.25) is 0 Å². The Balaban J connectivity index is 2.55. The van der Waals surface area contributed by atoms with Crippen molar-refractivity contribution >= 4 is 50.4 Å². The molecule has 0 aromatic heterocycles. The molecule has 0 fully saturated rings. The van der Waals surface area contributed by atoms with E-state index in [1.54, 1.807) is 13.0 Å². The summed E-state index contributed by atoms with van der Waals surface area (Å²) in [6, 6.07) is 5.46. The first-order valence-electron chi connectivity index (χ1n) is 5.38. The van der Waals surface area contributed by atoms with Crippen LogP contribution in [0.25, 0.3) is 0 Å². The number of amides is 1. The summed E-state index contributed by atoms with van der Waals surface area (Å²) in [7, 11) is 0. The lowest BCUT2D eigenvalue weighted by Gasteiger charge is -2.09. The van der Waals surface area contributed by atoms with Crippen LogP contribution in [0.5, 0.6) is 0 Å². The maximum absolute atomic E-state index is 11.9. The fraction of sp³-hybridized carbons (Fsp3) is 0.333. The number of hydrogen-bond donors (Lipinski definition) is 2. The molecule has 4 nitrogen and oxygen atoms in total. The molecular formula is C12H13BrINO3. The summed E-state index contributed by atoms with van der Waals surface area (Å²) < 4.78 is 1.70. The molecule has 1 amide bonds. The molecule has 0 aliphatic rings. The summed E-state index contributed by atoms with van der Waals surface area (Å²) in [5, 5.41) is 11.4. The summed E-state index contributed by atoms with van der Waals surface area (Å²) in [6.07, 6.45) is 0.422. The van der Waals surface area contributed by atoms with Crippen LogP contribution in [-0.2, 0) is 4.79 Å². The number of carboxylic acids is 1. The second-order valence-electron chi connectivity index (χ2n) is 3.91. The van der Waals surface area contributed by atoms with Gasteiger partial charge in [-0.1, -0.05) is 22.9 Å². The first-order valence-corrected chi connectivity index (χ1v) is 7.25. The minimum Gasteiger partial charge on any atom is -0.481 e. The van der Waals surface area contributed by atoms with Gasteiger partial charge in [-0.05, 0) is 47.2 Å². The topological polar surface area (TPSA) is 66.4 Å². The number of carbonyl (C=O) groups excluding carboxylic acids is 1. The summed E-state index contributed by atoms with van der Waals surface area (Å²) >= 11 is 5.41. The minimum atomic E-state index is -0.846. The number of carbonyl (C=O) groups is 2. The Kier molecular flexibility index (Phi) is 6.07. The number of carboxylic acid groups (broad SMARTS) is 1. The molecule has 1 rings (SSSR count). The quantitative estimate of drug-likeness (QED) is 0.713. The van der Waals surface area contributed by atoms with E-state index in [0.29, 0.717) is 18.5 Å². The van der Waals surface area contributed by atoms with Crippen LogP contribution >= 0.6 is 38.5 Å². The van der Waals surface area contributed by atoms with Gasteiger partial charge in [0.25, 0.3) is 5.91 Å². The number of benzene rings is 1. The van der Waals surface area contributed by atoms with Crippen molar-refractivity contribution < 1.29 is 14.7 Å². The van der Waals surface area contributed by atoms with E-state index in [-0.39, 0.29) is 5.91 Å². The van der Waals surface area contributed by atoms with Crippen LogP contribution in [0.1, 0.15) is 23.7 Å². The van der Waals surface area contributed by atoms with Crippen molar-refractivity contribution in [2.75, 3.05) is 6.54 Å². The fourth-order valence-corrected chi connectivity index (χ4v) is 2.23. The maximum atomic E-state index is 11.9. The summed E-state index contributed by atoms with van der Waals surface area (Å²) in [4.78, 5) is 22.5. The van der Waals surface area contributed by atoms with E-state index in [4.69, 9.17) is 5.11 Å². The minimum absolute atomic E-state index is 0.182. The van der Waals surface area contributed by atoms with Crippen molar-refractivity contribution in [3.63, 3.8) is 0 Å². The van der Waals surface area contributed by atoms with E-state index in [2.05, 4.69) is 43.8 Å². The molecular weight excluding hydrogens is 413 g/mol. The molecule has 1 atom stereocenters. The van der Waals surface area contributed by atoms with Gasteiger partial charge in [0.15, 0.2) is 0 Å². The van der Waals surface area contributed by atoms with Gasteiger partial charge in [0.05, 0.1) is 11.5 Å². The molecule has 98 valence electrons. The first-order chi connectivity index (χ1) is 8.41. The molecule has 0 aliphatic heterocycles. The lowest BCUT2D eigenvalue weighted by atomic mass is 10.1. The van der Waals surface area contributed by atoms with Crippen molar-refractivity contribution in [2.45, 2.75) is 13.3 Å². The third kappa shape index (κ3) is 4.56. The van der Waals surface area contributed by atoms with E-state index in [1.165, 1.54) is 0 Å². The first kappa shape index (κ1) is 15.4. The Morgan fingerprint density at radius 2 is 2.17 bits per heavy atom. The van der Waals surface area contributed by atoms with Gasteiger partial charge in [0, 0.05) is 14.6 Å². The van der Waals surface area contributed by atoms with Gasteiger partial charge in [-0.15, -0.1) is 0 Å². The lowest BCUT2D eigenvalue weighted by Crippen LogP contribution is -2.27. The largest absolute Gasteiger partial charge is 0.481 e. The number of rotatable bonds is 5. The van der Waals surface area contributed by atoms with Crippen LogP contribution in [0.15, 0.2) is 22.7 Å². The Hall–Kier alpha value is -0.630. The Morgan fingerprint density at radius 1 is 1.50 bits per heavy atom. The predicted octanol–water partition coefficient (Wildman–Crippen LogP) is 2.89. The van der Waals surface area contributed by atoms with Crippen LogP contribution in [-0.4, -0.2) is 23.5 Å². The fourth-order valence-electron chi connectivity index (χ4n) is 1.29. The third-order valence-corrected chi connectivity index (χ3v) is 3.89. The number of halogens is 2. The molecule has 0 radical (unpaired) electrons. The molecule has 6 heteroatoms. The molecule has 1 aromatic rings. The van der Waals surface area contributed by atoms with Gasteiger partial charge in [0.2, 0.25) is 0 Å². The van der Waals surface area contributed by atoms with Crippen molar-refractivity contribution in [1.29, 1.82) is 0 Å². The molecule has 1 aromatic carbocycles. The zero-order chi connectivity index (χ0) is 13.7. The van der Waals surface area contributed by atoms with Crippen molar-refractivity contribution in [3.8, 4) is 0 Å². The molecule has 0 saturated carbocycles. The second kappa shape index (κ2) is 7.08. The Bertz CT molecular complexity index is 465. The van der Waals surface area contributed by atoms with Gasteiger partial charge in [-0.3, -0.25) is 9.59 Å². The van der Waals surface area contributed by atoms with Gasteiger partial charge in [0.1, 0.15) is 0 Å². The highest BCUT2D eigenvalue weighted by atomic mass is 127. The molecule has 0 spiro atoms. The van der Waals surface area contributed by atoms with Crippen LogP contribution < -0.4 is 5.32 Å². The van der Waals surface area contributed by atoms with Crippen molar-refractivity contribution in [2.24, 2.45) is 5.92 Å². The van der Waals surface area contributed by atoms with E-state index in [1.807, 2.05) is 12.1 Å².